The van der Waals surface area contributed by atoms with Gasteiger partial charge in [-0.1, -0.05) is 11.6 Å². The maximum Gasteiger partial charge on any atom is 0.417 e. The lowest BCUT2D eigenvalue weighted by Crippen LogP contribution is -2.60. The number of amidine groups is 1. The molecule has 10 nitrogen and oxygen atoms in total. The Morgan fingerprint density at radius 3 is 2.28 bits per heavy atom. The molecule has 0 saturated carbocycles. The van der Waals surface area contributed by atoms with E-state index in [1.165, 1.54) is 16.8 Å². The SMILES string of the molecule is CN=C(c1cc(C(F)(F)F)c(-c2cc(Cl)c(F)cc2F)c2c1N(C=O)CC1(COC1)CS2)N1C[C@@H](C)N(C(=O)C(O)=C(O)O)CC1C. The van der Waals surface area contributed by atoms with Crippen LogP contribution in [0.1, 0.15) is 25.0 Å². The van der Waals surface area contributed by atoms with Crippen molar-refractivity contribution in [3.63, 3.8) is 0 Å². The van der Waals surface area contributed by atoms with Gasteiger partial charge in [0.05, 0.1) is 29.5 Å². The number of amides is 2. The summed E-state index contributed by atoms with van der Waals surface area (Å²) in [6.07, 6.45) is -4.59. The summed E-state index contributed by atoms with van der Waals surface area (Å²) in [6.45, 7) is 3.65. The van der Waals surface area contributed by atoms with Crippen LogP contribution in [-0.2, 0) is 20.5 Å². The average Bonchev–Trinajstić information content (AvgIpc) is 3.17. The Balaban J connectivity index is 1.74. The van der Waals surface area contributed by atoms with Crippen LogP contribution in [0.4, 0.5) is 27.6 Å². The lowest BCUT2D eigenvalue weighted by Gasteiger charge is -2.46. The molecule has 2 aromatic carbocycles. The van der Waals surface area contributed by atoms with Crippen molar-refractivity contribution in [3.05, 3.63) is 57.7 Å². The quantitative estimate of drug-likeness (QED) is 0.0722. The molecule has 5 rings (SSSR count). The molecule has 0 bridgehead atoms. The van der Waals surface area contributed by atoms with Crippen molar-refractivity contribution in [2.45, 2.75) is 37.0 Å². The number of ether oxygens (including phenoxy) is 1. The number of hydrogen-bond donors (Lipinski definition) is 3. The molecule has 2 saturated heterocycles. The third-order valence-electron chi connectivity index (χ3n) is 8.49. The molecule has 0 aliphatic carbocycles. The van der Waals surface area contributed by atoms with E-state index in [0.717, 1.165) is 23.9 Å². The zero-order valence-electron chi connectivity index (χ0n) is 25.2. The molecule has 1 unspecified atom stereocenters. The predicted octanol–water partition coefficient (Wildman–Crippen LogP) is 5.53. The van der Waals surface area contributed by atoms with Crippen molar-refractivity contribution in [2.24, 2.45) is 10.4 Å². The molecule has 254 valence electrons. The largest absolute Gasteiger partial charge is 0.498 e. The number of rotatable bonds is 4. The Morgan fingerprint density at radius 2 is 1.72 bits per heavy atom. The Morgan fingerprint density at radius 1 is 1.09 bits per heavy atom. The number of thioether (sulfide) groups is 1. The van der Waals surface area contributed by atoms with E-state index < -0.39 is 74.6 Å². The summed E-state index contributed by atoms with van der Waals surface area (Å²) in [5, 5.41) is 27.7. The number of aliphatic hydroxyl groups excluding tert-OH is 2. The van der Waals surface area contributed by atoms with Gasteiger partial charge in [0.2, 0.25) is 6.41 Å². The summed E-state index contributed by atoms with van der Waals surface area (Å²) in [4.78, 5) is 33.8. The van der Waals surface area contributed by atoms with E-state index in [1.54, 1.807) is 18.7 Å². The van der Waals surface area contributed by atoms with Crippen molar-refractivity contribution in [1.82, 2.24) is 9.80 Å². The molecule has 3 aliphatic rings. The van der Waals surface area contributed by atoms with Gasteiger partial charge in [0, 0.05) is 77.6 Å². The molecule has 17 heteroatoms. The Bertz CT molecular complexity index is 1680. The topological polar surface area (TPSA) is 126 Å². The van der Waals surface area contributed by atoms with E-state index in [-0.39, 0.29) is 60.6 Å². The Kier molecular flexibility index (Phi) is 9.33. The second-order valence-corrected chi connectivity index (χ2v) is 13.2. The third-order valence-corrected chi connectivity index (χ3v) is 10.2. The summed E-state index contributed by atoms with van der Waals surface area (Å²) in [6, 6.07) is 0.630. The second kappa shape index (κ2) is 12.7. The molecular formula is C30H30ClF5N4O6S. The van der Waals surface area contributed by atoms with Crippen molar-refractivity contribution in [1.29, 1.82) is 0 Å². The first-order valence-corrected chi connectivity index (χ1v) is 15.6. The van der Waals surface area contributed by atoms with E-state index in [9.17, 15) is 29.3 Å². The molecule has 47 heavy (non-hydrogen) atoms. The van der Waals surface area contributed by atoms with Gasteiger partial charge in [-0.2, -0.15) is 13.2 Å². The number of piperazine rings is 1. The third kappa shape index (κ3) is 6.18. The van der Waals surface area contributed by atoms with Crippen LogP contribution in [0.15, 0.2) is 39.8 Å². The van der Waals surface area contributed by atoms with E-state index >= 15 is 17.6 Å². The smallest absolute Gasteiger partial charge is 0.417 e. The highest BCUT2D eigenvalue weighted by Crippen LogP contribution is 2.53. The fraction of sp³-hybridized carbons (Fsp3) is 0.433. The minimum Gasteiger partial charge on any atom is -0.498 e. The number of carbonyl (C=O) groups is 2. The van der Waals surface area contributed by atoms with Crippen LogP contribution in [0.3, 0.4) is 0 Å². The molecule has 2 fully saturated rings. The van der Waals surface area contributed by atoms with Crippen LogP contribution < -0.4 is 4.90 Å². The van der Waals surface area contributed by atoms with Gasteiger partial charge < -0.3 is 34.8 Å². The van der Waals surface area contributed by atoms with Gasteiger partial charge in [0.1, 0.15) is 17.5 Å². The zero-order valence-corrected chi connectivity index (χ0v) is 26.8. The Labute approximate surface area is 275 Å². The fourth-order valence-electron chi connectivity index (χ4n) is 6.16. The number of benzene rings is 2. The maximum atomic E-state index is 15.4. The number of aliphatic hydroxyl groups is 3. The lowest BCUT2D eigenvalue weighted by atomic mass is 9.87. The molecule has 2 amide bonds. The molecule has 0 radical (unpaired) electrons. The van der Waals surface area contributed by atoms with Crippen molar-refractivity contribution in [3.8, 4) is 11.1 Å². The van der Waals surface area contributed by atoms with E-state index in [1.807, 2.05) is 0 Å². The molecule has 2 atom stereocenters. The molecule has 1 spiro atoms. The van der Waals surface area contributed by atoms with Crippen LogP contribution in [-0.4, -0.2) is 101 Å². The van der Waals surface area contributed by atoms with Crippen LogP contribution in [0.25, 0.3) is 11.1 Å². The first-order chi connectivity index (χ1) is 22.0. The molecule has 3 heterocycles. The second-order valence-electron chi connectivity index (χ2n) is 11.8. The molecular weight excluding hydrogens is 675 g/mol. The minimum atomic E-state index is -5.07. The van der Waals surface area contributed by atoms with Gasteiger partial charge in [0.25, 0.3) is 11.7 Å². The van der Waals surface area contributed by atoms with E-state index in [2.05, 4.69) is 4.99 Å². The first kappa shape index (κ1) is 34.6. The van der Waals surface area contributed by atoms with Crippen LogP contribution in [0.5, 0.6) is 0 Å². The highest BCUT2D eigenvalue weighted by molar-refractivity contribution is 7.99. The highest BCUT2D eigenvalue weighted by atomic mass is 35.5. The van der Waals surface area contributed by atoms with Crippen LogP contribution in [0, 0.1) is 17.0 Å². The summed E-state index contributed by atoms with van der Waals surface area (Å²) < 4.78 is 80.1. The number of halogens is 6. The van der Waals surface area contributed by atoms with Gasteiger partial charge in [-0.15, -0.1) is 11.8 Å². The molecule has 3 N–H and O–H groups in total. The minimum absolute atomic E-state index is 0.0227. The summed E-state index contributed by atoms with van der Waals surface area (Å²) in [7, 11) is 1.35. The lowest BCUT2D eigenvalue weighted by molar-refractivity contribution is -0.137. The molecule has 2 aromatic rings. The van der Waals surface area contributed by atoms with Crippen LogP contribution in [0.2, 0.25) is 5.02 Å². The zero-order chi connectivity index (χ0) is 34.6. The van der Waals surface area contributed by atoms with Gasteiger partial charge in [-0.25, -0.2) is 8.78 Å². The van der Waals surface area contributed by atoms with Crippen LogP contribution >= 0.6 is 23.4 Å². The molecule has 3 aliphatic heterocycles. The fourth-order valence-corrected chi connectivity index (χ4v) is 7.76. The number of alkyl halides is 3. The normalized spacial score (nSPS) is 21.2. The number of fused-ring (bicyclic) bond motifs is 1. The number of anilines is 1. The van der Waals surface area contributed by atoms with Gasteiger partial charge in [-0.3, -0.25) is 14.6 Å². The molecule has 0 aromatic heterocycles. The van der Waals surface area contributed by atoms with Gasteiger partial charge >= 0.3 is 12.1 Å². The van der Waals surface area contributed by atoms with E-state index in [0.29, 0.717) is 12.5 Å². The maximum absolute atomic E-state index is 15.4. The first-order valence-electron chi connectivity index (χ1n) is 14.2. The highest BCUT2D eigenvalue weighted by Gasteiger charge is 2.47. The van der Waals surface area contributed by atoms with Crippen molar-refractivity contribution >= 4 is 47.2 Å². The van der Waals surface area contributed by atoms with Gasteiger partial charge in [-0.05, 0) is 26.0 Å². The van der Waals surface area contributed by atoms with Crippen molar-refractivity contribution < 1.29 is 51.6 Å². The van der Waals surface area contributed by atoms with E-state index in [4.69, 9.17) is 16.3 Å². The standard InChI is InChI=1S/C30H30ClF5N4O6S/c1-14-8-40(27(43)24(42)28(44)45)15(2)7-39(14)26(37-3)17-4-18(30(34,35)36)22(16-5-19(31)21(33)6-20(16)32)25-23(17)38(13-41)9-29(12-47-25)10-46-11-29/h4-6,13-15,42,44-45H,7-12H2,1-3H3/t14?,15-/m1/s1. The number of hydrogen-bond acceptors (Lipinski definition) is 8. The number of carbonyl (C=O) groups excluding carboxylic acids is 2. The summed E-state index contributed by atoms with van der Waals surface area (Å²) >= 11 is 6.94. The number of nitrogens with zero attached hydrogens (tertiary/aromatic N) is 4. The number of aliphatic imine (C=N–C) groups is 1. The van der Waals surface area contributed by atoms with Gasteiger partial charge in [0.15, 0.2) is 0 Å². The predicted molar refractivity (Wildman–Crippen MR) is 164 cm³/mol. The summed E-state index contributed by atoms with van der Waals surface area (Å²) in [5.74, 6) is -6.08. The van der Waals surface area contributed by atoms with Crippen molar-refractivity contribution in [2.75, 3.05) is 50.5 Å². The monoisotopic (exact) mass is 704 g/mol. The Hall–Kier alpha value is -3.76. The summed E-state index contributed by atoms with van der Waals surface area (Å²) in [5.41, 5.74) is -3.16. The average molecular weight is 705 g/mol.